The highest BCUT2D eigenvalue weighted by atomic mass is 32.1. The number of nitrogens with zero attached hydrogens (tertiary/aromatic N) is 1. The molecule has 96 valence electrons. The second-order valence-corrected chi connectivity index (χ2v) is 4.81. The molecule has 1 rings (SSSR count). The summed E-state index contributed by atoms with van der Waals surface area (Å²) >= 11 is 1.65. The smallest absolute Gasteiger partial charge is 0.323 e. The first kappa shape index (κ1) is 14.3. The molecule has 1 amide bonds. The van der Waals surface area contributed by atoms with Crippen LogP contribution in [-0.2, 0) is 16.0 Å². The fourth-order valence-electron chi connectivity index (χ4n) is 1.53. The summed E-state index contributed by atoms with van der Waals surface area (Å²) in [6.45, 7) is -0.286. The summed E-state index contributed by atoms with van der Waals surface area (Å²) in [7, 11) is 0. The maximum atomic E-state index is 11.8. The highest BCUT2D eigenvalue weighted by Gasteiger charge is 2.15. The van der Waals surface area contributed by atoms with Crippen molar-refractivity contribution in [3.05, 3.63) is 22.4 Å². The number of hydrogen-bond donors (Lipinski definition) is 1. The minimum Gasteiger partial charge on any atom is -0.480 e. The lowest BCUT2D eigenvalue weighted by atomic mass is 10.2. The molecule has 4 nitrogen and oxygen atoms in total. The van der Waals surface area contributed by atoms with Gasteiger partial charge >= 0.3 is 5.97 Å². The Kier molecular flexibility index (Phi) is 5.95. The van der Waals surface area contributed by atoms with Crippen molar-refractivity contribution < 1.29 is 14.7 Å². The normalized spacial score (nSPS) is 9.72. The maximum Gasteiger partial charge on any atom is 0.323 e. The zero-order valence-corrected chi connectivity index (χ0v) is 10.8. The number of carbonyl (C=O) groups excluding carboxylic acids is 1. The Morgan fingerprint density at radius 3 is 2.83 bits per heavy atom. The monoisotopic (exact) mass is 265 g/mol. The number of hydrogen-bond acceptors (Lipinski definition) is 3. The lowest BCUT2D eigenvalue weighted by molar-refractivity contribution is -0.144. The summed E-state index contributed by atoms with van der Waals surface area (Å²) in [6, 6.07) is 3.99. The lowest BCUT2D eigenvalue weighted by Gasteiger charge is -2.17. The van der Waals surface area contributed by atoms with Gasteiger partial charge in [0.15, 0.2) is 0 Å². The maximum absolute atomic E-state index is 11.8. The van der Waals surface area contributed by atoms with E-state index in [1.54, 1.807) is 11.3 Å². The van der Waals surface area contributed by atoms with Gasteiger partial charge in [0, 0.05) is 11.3 Å². The van der Waals surface area contributed by atoms with E-state index in [9.17, 15) is 9.59 Å². The Hall–Kier alpha value is -1.80. The first-order chi connectivity index (χ1) is 8.63. The van der Waals surface area contributed by atoms with Gasteiger partial charge < -0.3 is 10.0 Å². The minimum absolute atomic E-state index is 0.0458. The number of rotatable bonds is 7. The molecule has 0 aromatic carbocycles. The number of thiophene rings is 1. The van der Waals surface area contributed by atoms with Gasteiger partial charge in [0.2, 0.25) is 5.91 Å². The molecule has 0 unspecified atom stereocenters. The number of aryl methyl sites for hydroxylation is 1. The summed E-state index contributed by atoms with van der Waals surface area (Å²) in [5.41, 5.74) is 0. The summed E-state index contributed by atoms with van der Waals surface area (Å²) in [5.74, 6) is 1.06. The number of carboxylic acid groups (broad SMARTS) is 1. The van der Waals surface area contributed by atoms with E-state index in [1.165, 1.54) is 9.78 Å². The van der Waals surface area contributed by atoms with E-state index in [2.05, 4.69) is 5.92 Å². The molecule has 1 N–H and O–H groups in total. The third-order valence-electron chi connectivity index (χ3n) is 2.35. The van der Waals surface area contributed by atoms with Crippen molar-refractivity contribution in [3.8, 4) is 12.3 Å². The van der Waals surface area contributed by atoms with Crippen LogP contribution in [0.15, 0.2) is 17.5 Å². The van der Waals surface area contributed by atoms with Crippen LogP contribution in [0.1, 0.15) is 17.7 Å². The first-order valence-electron chi connectivity index (χ1n) is 5.59. The van der Waals surface area contributed by atoms with Crippen LogP contribution in [0.4, 0.5) is 0 Å². The fraction of sp³-hybridized carbons (Fsp3) is 0.385. The number of terminal acetylenes is 1. The van der Waals surface area contributed by atoms with E-state index in [-0.39, 0.29) is 19.0 Å². The van der Waals surface area contributed by atoms with Gasteiger partial charge in [-0.3, -0.25) is 9.59 Å². The van der Waals surface area contributed by atoms with E-state index < -0.39 is 5.97 Å². The van der Waals surface area contributed by atoms with Gasteiger partial charge in [-0.2, -0.15) is 0 Å². The van der Waals surface area contributed by atoms with Gasteiger partial charge in [-0.25, -0.2) is 0 Å². The predicted molar refractivity (Wildman–Crippen MR) is 70.3 cm³/mol. The molecular formula is C13H15NO3S. The molecule has 0 saturated carbocycles. The van der Waals surface area contributed by atoms with Crippen LogP contribution >= 0.6 is 11.3 Å². The second kappa shape index (κ2) is 7.51. The van der Waals surface area contributed by atoms with Crippen LogP contribution in [0.2, 0.25) is 0 Å². The molecule has 5 heteroatoms. The first-order valence-corrected chi connectivity index (χ1v) is 6.47. The van der Waals surface area contributed by atoms with Crippen LogP contribution < -0.4 is 0 Å². The van der Waals surface area contributed by atoms with Crippen LogP contribution in [0.25, 0.3) is 0 Å². The largest absolute Gasteiger partial charge is 0.480 e. The molecule has 1 aromatic heterocycles. The molecule has 18 heavy (non-hydrogen) atoms. The molecule has 1 aromatic rings. The van der Waals surface area contributed by atoms with E-state index >= 15 is 0 Å². The molecule has 0 aliphatic carbocycles. The summed E-state index contributed by atoms with van der Waals surface area (Å²) in [6.07, 6.45) is 6.98. The average Bonchev–Trinajstić information content (AvgIpc) is 2.81. The SMILES string of the molecule is C#CCN(CC(=O)O)C(=O)CCCc1cccs1. The highest BCUT2D eigenvalue weighted by molar-refractivity contribution is 7.09. The zero-order valence-electron chi connectivity index (χ0n) is 9.96. The Bertz CT molecular complexity index is 434. The highest BCUT2D eigenvalue weighted by Crippen LogP contribution is 2.12. The molecule has 0 aliphatic rings. The predicted octanol–water partition coefficient (Wildman–Crippen LogP) is 1.62. The molecule has 0 atom stereocenters. The van der Waals surface area contributed by atoms with Crippen LogP contribution in [0.3, 0.4) is 0 Å². The van der Waals surface area contributed by atoms with Gasteiger partial charge in [0.05, 0.1) is 6.54 Å². The summed E-state index contributed by atoms with van der Waals surface area (Å²) in [4.78, 5) is 24.8. The molecule has 0 aliphatic heterocycles. The van der Waals surface area contributed by atoms with Gasteiger partial charge in [-0.15, -0.1) is 17.8 Å². The number of carboxylic acids is 1. The minimum atomic E-state index is -1.04. The lowest BCUT2D eigenvalue weighted by Crippen LogP contribution is -2.35. The Morgan fingerprint density at radius 2 is 2.28 bits per heavy atom. The van der Waals surface area contributed by atoms with Crippen LogP contribution in [-0.4, -0.2) is 35.0 Å². The third-order valence-corrected chi connectivity index (χ3v) is 3.29. The van der Waals surface area contributed by atoms with Crippen LogP contribution in [0, 0.1) is 12.3 Å². The van der Waals surface area contributed by atoms with Crippen molar-refractivity contribution in [2.24, 2.45) is 0 Å². The molecular weight excluding hydrogens is 250 g/mol. The number of amides is 1. The third kappa shape index (κ3) is 5.02. The standard InChI is InChI=1S/C13H15NO3S/c1-2-8-14(10-13(16)17)12(15)7-3-5-11-6-4-9-18-11/h1,4,6,9H,3,5,7-8,10H2,(H,16,17). The molecule has 0 radical (unpaired) electrons. The van der Waals surface area contributed by atoms with Crippen LogP contribution in [0.5, 0.6) is 0 Å². The average molecular weight is 265 g/mol. The Labute approximate surface area is 110 Å². The quantitative estimate of drug-likeness (QED) is 0.762. The zero-order chi connectivity index (χ0) is 13.4. The van der Waals surface area contributed by atoms with Crippen molar-refractivity contribution in [3.63, 3.8) is 0 Å². The summed E-state index contributed by atoms with van der Waals surface area (Å²) in [5, 5.41) is 10.7. The summed E-state index contributed by atoms with van der Waals surface area (Å²) < 4.78 is 0. The van der Waals surface area contributed by atoms with E-state index in [1.807, 2.05) is 17.5 Å². The second-order valence-electron chi connectivity index (χ2n) is 3.78. The molecule has 0 bridgehead atoms. The van der Waals surface area contributed by atoms with E-state index in [0.717, 1.165) is 6.42 Å². The van der Waals surface area contributed by atoms with Gasteiger partial charge in [0.25, 0.3) is 0 Å². The van der Waals surface area contributed by atoms with Crippen molar-refractivity contribution >= 4 is 23.2 Å². The van der Waals surface area contributed by atoms with Crippen molar-refractivity contribution in [2.45, 2.75) is 19.3 Å². The van der Waals surface area contributed by atoms with Crippen molar-refractivity contribution in [1.29, 1.82) is 0 Å². The fourth-order valence-corrected chi connectivity index (χ4v) is 2.28. The molecule has 0 fully saturated rings. The van der Waals surface area contributed by atoms with Crippen molar-refractivity contribution in [2.75, 3.05) is 13.1 Å². The topological polar surface area (TPSA) is 57.6 Å². The van der Waals surface area contributed by atoms with Crippen molar-refractivity contribution in [1.82, 2.24) is 4.90 Å². The Morgan fingerprint density at radius 1 is 1.50 bits per heavy atom. The van der Waals surface area contributed by atoms with E-state index in [0.29, 0.717) is 12.8 Å². The number of aliphatic carboxylic acids is 1. The molecule has 0 spiro atoms. The number of carbonyl (C=O) groups is 2. The van der Waals surface area contributed by atoms with Gasteiger partial charge in [0.1, 0.15) is 6.54 Å². The Balaban J connectivity index is 2.36. The molecule has 1 heterocycles. The van der Waals surface area contributed by atoms with Gasteiger partial charge in [-0.1, -0.05) is 12.0 Å². The molecule has 0 saturated heterocycles. The van der Waals surface area contributed by atoms with E-state index in [4.69, 9.17) is 11.5 Å². The van der Waals surface area contributed by atoms with Gasteiger partial charge in [-0.05, 0) is 24.3 Å².